The van der Waals surface area contributed by atoms with Crippen LogP contribution in [0.15, 0.2) is 18.2 Å². The first kappa shape index (κ1) is 17.4. The molecule has 2 rings (SSSR count). The fraction of sp³-hybridized carbons (Fsp3) is 0.588. The normalized spacial score (nSPS) is 15.4. The molecule has 23 heavy (non-hydrogen) atoms. The summed E-state index contributed by atoms with van der Waals surface area (Å²) in [6.07, 6.45) is 1.19. The molecule has 0 aromatic carbocycles. The highest BCUT2D eigenvalue weighted by molar-refractivity contribution is 5.92. The van der Waals surface area contributed by atoms with E-state index in [1.54, 1.807) is 11.0 Å². The molecular formula is C17H25N3O3. The van der Waals surface area contributed by atoms with Gasteiger partial charge >= 0.3 is 0 Å². The van der Waals surface area contributed by atoms with Crippen LogP contribution < -0.4 is 0 Å². The van der Waals surface area contributed by atoms with Gasteiger partial charge in [0, 0.05) is 38.5 Å². The van der Waals surface area contributed by atoms with Crippen molar-refractivity contribution in [3.05, 3.63) is 29.6 Å². The van der Waals surface area contributed by atoms with Gasteiger partial charge in [0.2, 0.25) is 5.91 Å². The van der Waals surface area contributed by atoms with Gasteiger partial charge in [-0.05, 0) is 32.4 Å². The van der Waals surface area contributed by atoms with Gasteiger partial charge in [-0.15, -0.1) is 0 Å². The third-order valence-electron chi connectivity index (χ3n) is 3.91. The number of carbonyl (C=O) groups is 2. The predicted octanol–water partition coefficient (Wildman–Crippen LogP) is 1.49. The smallest absolute Gasteiger partial charge is 0.272 e. The number of carbonyl (C=O) groups excluding carboxylic acids is 2. The van der Waals surface area contributed by atoms with Crippen LogP contribution in [0.3, 0.4) is 0 Å². The third-order valence-corrected chi connectivity index (χ3v) is 3.91. The van der Waals surface area contributed by atoms with Crippen molar-refractivity contribution in [1.29, 1.82) is 0 Å². The molecule has 126 valence electrons. The van der Waals surface area contributed by atoms with Gasteiger partial charge in [0.25, 0.3) is 5.91 Å². The zero-order chi connectivity index (χ0) is 16.7. The SMILES string of the molecule is CCOCCC(=O)N1CCCN(C(=O)c2cccc(C)n2)CC1. The van der Waals surface area contributed by atoms with E-state index < -0.39 is 0 Å². The summed E-state index contributed by atoms with van der Waals surface area (Å²) < 4.78 is 5.23. The summed E-state index contributed by atoms with van der Waals surface area (Å²) in [6.45, 7) is 7.34. The summed E-state index contributed by atoms with van der Waals surface area (Å²) >= 11 is 0. The molecule has 0 radical (unpaired) electrons. The zero-order valence-corrected chi connectivity index (χ0v) is 14.0. The maximum Gasteiger partial charge on any atom is 0.272 e. The molecule has 0 aliphatic carbocycles. The lowest BCUT2D eigenvalue weighted by Crippen LogP contribution is -2.37. The molecule has 1 aliphatic rings. The molecule has 0 bridgehead atoms. The van der Waals surface area contributed by atoms with Crippen LogP contribution in [0.1, 0.15) is 35.9 Å². The van der Waals surface area contributed by atoms with Crippen molar-refractivity contribution in [2.75, 3.05) is 39.4 Å². The molecule has 6 heteroatoms. The van der Waals surface area contributed by atoms with E-state index >= 15 is 0 Å². The number of amides is 2. The number of hydrogen-bond donors (Lipinski definition) is 0. The molecule has 1 fully saturated rings. The summed E-state index contributed by atoms with van der Waals surface area (Å²) in [7, 11) is 0. The van der Waals surface area contributed by atoms with Crippen LogP contribution in [0.5, 0.6) is 0 Å². The van der Waals surface area contributed by atoms with Crippen molar-refractivity contribution in [2.24, 2.45) is 0 Å². The van der Waals surface area contributed by atoms with Crippen molar-refractivity contribution in [2.45, 2.75) is 26.7 Å². The van der Waals surface area contributed by atoms with Crippen LogP contribution >= 0.6 is 0 Å². The van der Waals surface area contributed by atoms with Gasteiger partial charge in [-0.25, -0.2) is 4.98 Å². The highest BCUT2D eigenvalue weighted by Gasteiger charge is 2.23. The number of aryl methyl sites for hydroxylation is 1. The summed E-state index contributed by atoms with van der Waals surface area (Å²) in [5.41, 5.74) is 1.31. The van der Waals surface area contributed by atoms with E-state index in [-0.39, 0.29) is 11.8 Å². The molecular weight excluding hydrogens is 294 g/mol. The topological polar surface area (TPSA) is 62.7 Å². The molecule has 1 saturated heterocycles. The Balaban J connectivity index is 1.90. The highest BCUT2D eigenvalue weighted by Crippen LogP contribution is 2.09. The van der Waals surface area contributed by atoms with E-state index in [1.165, 1.54) is 0 Å². The average Bonchev–Trinajstić information content (AvgIpc) is 2.80. The molecule has 0 N–H and O–H groups in total. The van der Waals surface area contributed by atoms with Gasteiger partial charge < -0.3 is 14.5 Å². The minimum absolute atomic E-state index is 0.0580. The van der Waals surface area contributed by atoms with E-state index in [2.05, 4.69) is 4.98 Å². The molecule has 0 unspecified atom stereocenters. The minimum Gasteiger partial charge on any atom is -0.381 e. The van der Waals surface area contributed by atoms with Crippen LogP contribution in [-0.2, 0) is 9.53 Å². The quantitative estimate of drug-likeness (QED) is 0.772. The Hall–Kier alpha value is -1.95. The predicted molar refractivity (Wildman–Crippen MR) is 87.2 cm³/mol. The Kier molecular flexibility index (Phi) is 6.52. The monoisotopic (exact) mass is 319 g/mol. The molecule has 2 amide bonds. The van der Waals surface area contributed by atoms with Crippen LogP contribution in [0.2, 0.25) is 0 Å². The van der Waals surface area contributed by atoms with Crippen molar-refractivity contribution in [3.63, 3.8) is 0 Å². The van der Waals surface area contributed by atoms with Gasteiger partial charge in [-0.3, -0.25) is 9.59 Å². The van der Waals surface area contributed by atoms with Crippen LogP contribution in [0.4, 0.5) is 0 Å². The van der Waals surface area contributed by atoms with E-state index in [9.17, 15) is 9.59 Å². The van der Waals surface area contributed by atoms with Crippen LogP contribution in [0, 0.1) is 6.92 Å². The molecule has 0 atom stereocenters. The summed E-state index contributed by atoms with van der Waals surface area (Å²) in [5.74, 6) is 0.0405. The molecule has 0 saturated carbocycles. The second kappa shape index (κ2) is 8.62. The summed E-state index contributed by atoms with van der Waals surface area (Å²) in [6, 6.07) is 5.46. The second-order valence-electron chi connectivity index (χ2n) is 5.64. The molecule has 0 spiro atoms. The lowest BCUT2D eigenvalue weighted by molar-refractivity contribution is -0.132. The number of pyridine rings is 1. The largest absolute Gasteiger partial charge is 0.381 e. The molecule has 6 nitrogen and oxygen atoms in total. The Bertz CT molecular complexity index is 548. The Morgan fingerprint density at radius 1 is 1.17 bits per heavy atom. The maximum atomic E-state index is 12.5. The van der Waals surface area contributed by atoms with Crippen molar-refractivity contribution in [3.8, 4) is 0 Å². The first-order chi connectivity index (χ1) is 11.1. The summed E-state index contributed by atoms with van der Waals surface area (Å²) in [4.78, 5) is 32.6. The lowest BCUT2D eigenvalue weighted by Gasteiger charge is -2.22. The maximum absolute atomic E-state index is 12.5. The van der Waals surface area contributed by atoms with Crippen molar-refractivity contribution >= 4 is 11.8 Å². The lowest BCUT2D eigenvalue weighted by atomic mass is 10.2. The standard InChI is InChI=1S/C17H25N3O3/c1-3-23-13-8-16(21)19-9-5-10-20(12-11-19)17(22)15-7-4-6-14(2)18-15/h4,6-7H,3,5,8-13H2,1-2H3. The summed E-state index contributed by atoms with van der Waals surface area (Å²) in [5, 5.41) is 0. The molecule has 1 aromatic rings. The van der Waals surface area contributed by atoms with Crippen LogP contribution in [0.25, 0.3) is 0 Å². The van der Waals surface area contributed by atoms with Gasteiger partial charge in [-0.1, -0.05) is 6.07 Å². The Morgan fingerprint density at radius 2 is 1.91 bits per heavy atom. The Morgan fingerprint density at radius 3 is 2.65 bits per heavy atom. The number of rotatable bonds is 5. The number of aromatic nitrogens is 1. The van der Waals surface area contributed by atoms with E-state index in [0.29, 0.717) is 51.5 Å². The molecule has 1 aliphatic heterocycles. The molecule has 1 aromatic heterocycles. The zero-order valence-electron chi connectivity index (χ0n) is 14.0. The van der Waals surface area contributed by atoms with Crippen molar-refractivity contribution < 1.29 is 14.3 Å². The first-order valence-electron chi connectivity index (χ1n) is 8.20. The number of ether oxygens (including phenoxy) is 1. The van der Waals surface area contributed by atoms with Crippen molar-refractivity contribution in [1.82, 2.24) is 14.8 Å². The first-order valence-corrected chi connectivity index (χ1v) is 8.20. The van der Waals surface area contributed by atoms with Gasteiger partial charge in [-0.2, -0.15) is 0 Å². The fourth-order valence-corrected chi connectivity index (χ4v) is 2.66. The second-order valence-corrected chi connectivity index (χ2v) is 5.64. The van der Waals surface area contributed by atoms with Crippen LogP contribution in [-0.4, -0.2) is 66.0 Å². The number of hydrogen-bond acceptors (Lipinski definition) is 4. The molecule has 2 heterocycles. The van der Waals surface area contributed by atoms with E-state index in [4.69, 9.17) is 4.74 Å². The highest BCUT2D eigenvalue weighted by atomic mass is 16.5. The fourth-order valence-electron chi connectivity index (χ4n) is 2.66. The van der Waals surface area contributed by atoms with E-state index in [0.717, 1.165) is 12.1 Å². The van der Waals surface area contributed by atoms with Gasteiger partial charge in [0.1, 0.15) is 5.69 Å². The third kappa shape index (κ3) is 5.03. The van der Waals surface area contributed by atoms with Gasteiger partial charge in [0.05, 0.1) is 13.0 Å². The number of nitrogens with zero attached hydrogens (tertiary/aromatic N) is 3. The van der Waals surface area contributed by atoms with Gasteiger partial charge in [0.15, 0.2) is 0 Å². The minimum atomic E-state index is -0.0580. The Labute approximate surface area is 137 Å². The van der Waals surface area contributed by atoms with E-state index in [1.807, 2.05) is 30.9 Å². The average molecular weight is 319 g/mol.